The zero-order valence-corrected chi connectivity index (χ0v) is 11.2. The summed E-state index contributed by atoms with van der Waals surface area (Å²) in [7, 11) is 0. The molecular formula is C13H7ClN4S. The van der Waals surface area contributed by atoms with Crippen molar-refractivity contribution in [2.75, 3.05) is 0 Å². The fourth-order valence-corrected chi connectivity index (χ4v) is 2.64. The molecule has 0 N–H and O–H groups in total. The van der Waals surface area contributed by atoms with Crippen LogP contribution in [0.1, 0.15) is 5.56 Å². The Balaban J connectivity index is 2.22. The lowest BCUT2D eigenvalue weighted by molar-refractivity contribution is 0.874. The topological polar surface area (TPSA) is 54.5 Å². The van der Waals surface area contributed by atoms with E-state index in [0.717, 1.165) is 5.56 Å². The second-order valence-corrected chi connectivity index (χ2v) is 4.95. The van der Waals surface area contributed by atoms with Crippen molar-refractivity contribution >= 4 is 22.9 Å². The minimum atomic E-state index is 0.288. The fourth-order valence-electron chi connectivity index (χ4n) is 1.74. The number of aromatic nitrogens is 3. The van der Waals surface area contributed by atoms with Crippen molar-refractivity contribution in [1.82, 2.24) is 14.8 Å². The van der Waals surface area contributed by atoms with E-state index in [1.165, 1.54) is 16.0 Å². The van der Waals surface area contributed by atoms with E-state index in [0.29, 0.717) is 16.4 Å². The average molecular weight is 287 g/mol. The van der Waals surface area contributed by atoms with Gasteiger partial charge in [0.2, 0.25) is 5.13 Å². The Kier molecular flexibility index (Phi) is 3.03. The average Bonchev–Trinajstić information content (AvgIpc) is 3.07. The molecule has 4 nitrogen and oxygen atoms in total. The molecule has 0 spiro atoms. The predicted octanol–water partition coefficient (Wildman–Crippen LogP) is 3.52. The molecule has 6 heteroatoms. The Bertz CT molecular complexity index is 741. The number of halogens is 1. The van der Waals surface area contributed by atoms with Gasteiger partial charge in [0.05, 0.1) is 0 Å². The summed E-state index contributed by atoms with van der Waals surface area (Å²) in [5.41, 5.74) is 1.79. The molecule has 1 aromatic carbocycles. The summed E-state index contributed by atoms with van der Waals surface area (Å²) < 4.78 is 1.49. The number of nitrogens with zero attached hydrogens (tertiary/aromatic N) is 4. The van der Waals surface area contributed by atoms with E-state index in [-0.39, 0.29) is 5.15 Å². The molecule has 0 atom stereocenters. The predicted molar refractivity (Wildman–Crippen MR) is 74.4 cm³/mol. The summed E-state index contributed by atoms with van der Waals surface area (Å²) in [5.74, 6) is 0. The van der Waals surface area contributed by atoms with Crippen LogP contribution >= 0.6 is 22.9 Å². The zero-order valence-electron chi connectivity index (χ0n) is 9.62. The van der Waals surface area contributed by atoms with E-state index in [4.69, 9.17) is 11.6 Å². The van der Waals surface area contributed by atoms with Gasteiger partial charge < -0.3 is 0 Å². The molecule has 0 amide bonds. The van der Waals surface area contributed by atoms with E-state index in [2.05, 4.69) is 16.2 Å². The second kappa shape index (κ2) is 4.84. The highest BCUT2D eigenvalue weighted by Gasteiger charge is 2.19. The SMILES string of the molecule is N#Cc1c(-c2ccccc2)nn(-c2nccs2)c1Cl. The third-order valence-corrected chi connectivity index (χ3v) is 3.68. The van der Waals surface area contributed by atoms with Gasteiger partial charge in [-0.3, -0.25) is 0 Å². The summed E-state index contributed by atoms with van der Waals surface area (Å²) >= 11 is 7.63. The minimum absolute atomic E-state index is 0.288. The van der Waals surface area contributed by atoms with Gasteiger partial charge in [-0.15, -0.1) is 11.3 Å². The maximum atomic E-state index is 9.27. The van der Waals surface area contributed by atoms with Gasteiger partial charge in [0, 0.05) is 17.1 Å². The van der Waals surface area contributed by atoms with Crippen molar-refractivity contribution in [2.45, 2.75) is 0 Å². The quantitative estimate of drug-likeness (QED) is 0.724. The third kappa shape index (κ3) is 2.01. The number of hydrogen-bond acceptors (Lipinski definition) is 4. The lowest BCUT2D eigenvalue weighted by atomic mass is 10.1. The monoisotopic (exact) mass is 286 g/mol. The molecule has 0 unspecified atom stereocenters. The summed E-state index contributed by atoms with van der Waals surface area (Å²) in [4.78, 5) is 4.15. The van der Waals surface area contributed by atoms with Crippen molar-refractivity contribution in [1.29, 1.82) is 5.26 Å². The van der Waals surface area contributed by atoms with Gasteiger partial charge in [0.15, 0.2) is 5.15 Å². The summed E-state index contributed by atoms with van der Waals surface area (Å²) in [6.45, 7) is 0. The molecule has 19 heavy (non-hydrogen) atoms. The number of thiazole rings is 1. The number of nitriles is 1. The van der Waals surface area contributed by atoms with Crippen LogP contribution in [0.3, 0.4) is 0 Å². The normalized spacial score (nSPS) is 10.3. The molecular weight excluding hydrogens is 280 g/mol. The smallest absolute Gasteiger partial charge is 0.211 e. The van der Waals surface area contributed by atoms with Gasteiger partial charge in [-0.25, -0.2) is 4.98 Å². The van der Waals surface area contributed by atoms with Crippen LogP contribution in [0.4, 0.5) is 0 Å². The molecule has 0 radical (unpaired) electrons. The van der Waals surface area contributed by atoms with Crippen molar-refractivity contribution in [3.8, 4) is 22.5 Å². The van der Waals surface area contributed by atoms with Crippen molar-refractivity contribution in [3.63, 3.8) is 0 Å². The van der Waals surface area contributed by atoms with Gasteiger partial charge >= 0.3 is 0 Å². The highest BCUT2D eigenvalue weighted by molar-refractivity contribution is 7.12. The van der Waals surface area contributed by atoms with Gasteiger partial charge in [-0.05, 0) is 0 Å². The number of rotatable bonds is 2. The molecule has 0 aliphatic carbocycles. The van der Waals surface area contributed by atoms with Gasteiger partial charge in [0.25, 0.3) is 0 Å². The zero-order chi connectivity index (χ0) is 13.2. The molecule has 2 heterocycles. The molecule has 3 aromatic rings. The molecule has 0 saturated carbocycles. The van der Waals surface area contributed by atoms with E-state index >= 15 is 0 Å². The molecule has 92 valence electrons. The van der Waals surface area contributed by atoms with E-state index in [1.807, 2.05) is 35.7 Å². The van der Waals surface area contributed by atoms with E-state index < -0.39 is 0 Å². The van der Waals surface area contributed by atoms with Crippen molar-refractivity contribution in [2.24, 2.45) is 0 Å². The van der Waals surface area contributed by atoms with Crippen LogP contribution < -0.4 is 0 Å². The molecule has 0 aliphatic heterocycles. The third-order valence-electron chi connectivity index (χ3n) is 2.59. The first-order valence-corrected chi connectivity index (χ1v) is 6.71. The second-order valence-electron chi connectivity index (χ2n) is 3.72. The summed E-state index contributed by atoms with van der Waals surface area (Å²) in [5, 5.41) is 16.4. The van der Waals surface area contributed by atoms with E-state index in [9.17, 15) is 5.26 Å². The molecule has 3 rings (SSSR count). The Morgan fingerprint density at radius 3 is 2.68 bits per heavy atom. The van der Waals surface area contributed by atoms with Crippen LogP contribution in [-0.4, -0.2) is 14.8 Å². The first-order valence-electron chi connectivity index (χ1n) is 5.45. The van der Waals surface area contributed by atoms with Gasteiger partial charge in [-0.1, -0.05) is 41.9 Å². The maximum Gasteiger partial charge on any atom is 0.211 e. The van der Waals surface area contributed by atoms with Crippen LogP contribution in [0.25, 0.3) is 16.4 Å². The molecule has 0 fully saturated rings. The van der Waals surface area contributed by atoms with Crippen molar-refractivity contribution in [3.05, 3.63) is 52.6 Å². The standard InChI is InChI=1S/C13H7ClN4S/c14-12-10(8-15)11(9-4-2-1-3-5-9)17-18(12)13-16-6-7-19-13/h1-7H. The minimum Gasteiger partial charge on any atom is -0.227 e. The first kappa shape index (κ1) is 11.9. The molecule has 0 saturated heterocycles. The molecule has 0 aliphatic rings. The Morgan fingerprint density at radius 1 is 1.26 bits per heavy atom. The first-order chi connectivity index (χ1) is 9.31. The maximum absolute atomic E-state index is 9.27. The molecule has 0 bridgehead atoms. The van der Waals surface area contributed by atoms with E-state index in [1.54, 1.807) is 6.20 Å². The fraction of sp³-hybridized carbons (Fsp3) is 0. The Morgan fingerprint density at radius 2 is 2.05 bits per heavy atom. The summed E-state index contributed by atoms with van der Waals surface area (Å²) in [6.07, 6.45) is 1.67. The number of hydrogen-bond donors (Lipinski definition) is 0. The van der Waals surface area contributed by atoms with Crippen LogP contribution in [0, 0.1) is 11.3 Å². The molecule has 2 aromatic heterocycles. The van der Waals surface area contributed by atoms with Crippen LogP contribution in [-0.2, 0) is 0 Å². The Labute approximate surface area is 118 Å². The Hall–Kier alpha value is -2.16. The van der Waals surface area contributed by atoms with Gasteiger partial charge in [0.1, 0.15) is 17.3 Å². The number of benzene rings is 1. The lowest BCUT2D eigenvalue weighted by Gasteiger charge is -1.96. The van der Waals surface area contributed by atoms with Crippen LogP contribution in [0.15, 0.2) is 41.9 Å². The summed E-state index contributed by atoms with van der Waals surface area (Å²) in [6, 6.07) is 11.6. The van der Waals surface area contributed by atoms with Crippen molar-refractivity contribution < 1.29 is 0 Å². The lowest BCUT2D eigenvalue weighted by Crippen LogP contribution is -1.95. The highest BCUT2D eigenvalue weighted by Crippen LogP contribution is 2.30. The van der Waals surface area contributed by atoms with Crippen LogP contribution in [0.5, 0.6) is 0 Å². The highest BCUT2D eigenvalue weighted by atomic mass is 35.5. The van der Waals surface area contributed by atoms with Crippen LogP contribution in [0.2, 0.25) is 5.15 Å². The largest absolute Gasteiger partial charge is 0.227 e. The van der Waals surface area contributed by atoms with Gasteiger partial charge in [-0.2, -0.15) is 15.0 Å².